The highest BCUT2D eigenvalue weighted by Crippen LogP contribution is 2.30. The molecule has 4 N–H and O–H groups in total. The molecular formula is C36H29BBr3FN2O2. The summed E-state index contributed by atoms with van der Waals surface area (Å²) >= 11 is 10.1. The average Bonchev–Trinajstić information content (AvgIpc) is 3.61. The minimum absolute atomic E-state index is 0. The van der Waals surface area contributed by atoms with Crippen LogP contribution in [0, 0.1) is 0 Å². The van der Waals surface area contributed by atoms with E-state index in [1.807, 2.05) is 54.6 Å². The Labute approximate surface area is 286 Å². The van der Waals surface area contributed by atoms with Crippen LogP contribution >= 0.6 is 47.8 Å². The fourth-order valence-electron chi connectivity index (χ4n) is 5.13. The molecule has 0 aliphatic rings. The van der Waals surface area contributed by atoms with Crippen molar-refractivity contribution in [3.8, 4) is 11.1 Å². The van der Waals surface area contributed by atoms with Gasteiger partial charge in [-0.2, -0.15) is 0 Å². The van der Waals surface area contributed by atoms with Gasteiger partial charge in [0.05, 0.1) is 0 Å². The Kier molecular flexibility index (Phi) is 10.6. The highest BCUT2D eigenvalue weighted by molar-refractivity contribution is 9.11. The molecule has 8 aromatic rings. The molecule has 0 spiro atoms. The molecule has 2 aromatic heterocycles. The maximum absolute atomic E-state index is 9.14. The maximum Gasteiger partial charge on any atom is 0.488 e. The zero-order valence-corrected chi connectivity index (χ0v) is 28.5. The molecule has 4 nitrogen and oxygen atoms in total. The molecule has 0 fully saturated rings. The van der Waals surface area contributed by atoms with Crippen LogP contribution in [0.25, 0.3) is 54.7 Å². The molecule has 0 atom stereocenters. The van der Waals surface area contributed by atoms with Crippen LogP contribution in [0.4, 0.5) is 4.70 Å². The molecule has 45 heavy (non-hydrogen) atoms. The number of hydrogen-bond donors (Lipinski definition) is 4. The molecule has 0 saturated heterocycles. The van der Waals surface area contributed by atoms with Gasteiger partial charge in [-0.3, -0.25) is 4.70 Å². The van der Waals surface area contributed by atoms with E-state index in [1.165, 1.54) is 32.9 Å². The summed E-state index contributed by atoms with van der Waals surface area (Å²) in [5.74, 6) is 0. The summed E-state index contributed by atoms with van der Waals surface area (Å²) in [6.45, 7) is 0. The Morgan fingerprint density at radius 2 is 0.844 bits per heavy atom. The number of para-hydroxylation sites is 2. The van der Waals surface area contributed by atoms with Crippen molar-refractivity contribution >= 4 is 104 Å². The van der Waals surface area contributed by atoms with Gasteiger partial charge in [-0.1, -0.05) is 115 Å². The predicted octanol–water partition coefficient (Wildman–Crippen LogP) is 10.4. The first kappa shape index (κ1) is 32.7. The van der Waals surface area contributed by atoms with E-state index >= 15 is 0 Å². The van der Waals surface area contributed by atoms with E-state index in [4.69, 9.17) is 10.0 Å². The van der Waals surface area contributed by atoms with Crippen molar-refractivity contribution in [2.45, 2.75) is 0 Å². The van der Waals surface area contributed by atoms with Gasteiger partial charge in [-0.05, 0) is 83.3 Å². The number of halogens is 4. The summed E-state index contributed by atoms with van der Waals surface area (Å²) in [5.41, 5.74) is 7.43. The third-order valence-corrected chi connectivity index (χ3v) is 8.90. The van der Waals surface area contributed by atoms with Gasteiger partial charge >= 0.3 is 7.12 Å². The summed E-state index contributed by atoms with van der Waals surface area (Å²) in [6, 6.07) is 44.8. The summed E-state index contributed by atoms with van der Waals surface area (Å²) < 4.78 is 3.33. The smallest absolute Gasteiger partial charge is 0.423 e. The molecule has 2 heterocycles. The van der Waals surface area contributed by atoms with Gasteiger partial charge in [0.25, 0.3) is 0 Å². The second-order valence-electron chi connectivity index (χ2n) is 10.2. The maximum atomic E-state index is 9.14. The molecule has 0 bridgehead atoms. The molecule has 6 aromatic carbocycles. The van der Waals surface area contributed by atoms with Crippen LogP contribution in [0.1, 0.15) is 1.43 Å². The topological polar surface area (TPSA) is 72.0 Å². The van der Waals surface area contributed by atoms with Crippen molar-refractivity contribution in [2.75, 3.05) is 0 Å². The largest absolute Gasteiger partial charge is 0.488 e. The molecule has 8 rings (SSSR count). The summed E-state index contributed by atoms with van der Waals surface area (Å²) in [4.78, 5) is 6.74. The first-order valence-electron chi connectivity index (χ1n) is 13.9. The van der Waals surface area contributed by atoms with E-state index in [0.29, 0.717) is 5.46 Å². The van der Waals surface area contributed by atoms with E-state index in [2.05, 4.69) is 124 Å². The normalized spacial score (nSPS) is 10.6. The number of H-pyrrole nitrogens is 2. The quantitative estimate of drug-likeness (QED) is 0.132. The summed E-state index contributed by atoms with van der Waals surface area (Å²) in [6.07, 6.45) is 0. The van der Waals surface area contributed by atoms with Gasteiger partial charge in [0.2, 0.25) is 0 Å². The molecule has 0 unspecified atom stereocenters. The zero-order chi connectivity index (χ0) is 30.6. The summed E-state index contributed by atoms with van der Waals surface area (Å²) in [7, 11) is -1.42. The number of benzene rings is 6. The molecular weight excluding hydrogens is 762 g/mol. The molecule has 0 amide bonds. The summed E-state index contributed by atoms with van der Waals surface area (Å²) in [5, 5.41) is 22.9. The van der Waals surface area contributed by atoms with Crippen molar-refractivity contribution in [2.24, 2.45) is 0 Å². The minimum atomic E-state index is -1.42. The Bertz CT molecular complexity index is 2180. The number of aromatic nitrogens is 2. The third-order valence-electron chi connectivity index (χ3n) is 7.32. The number of hydrogen-bond acceptors (Lipinski definition) is 2. The fraction of sp³-hybridized carbons (Fsp3) is 0. The van der Waals surface area contributed by atoms with Crippen molar-refractivity contribution < 1.29 is 16.2 Å². The number of rotatable bonds is 2. The average molecular weight is 792 g/mol. The van der Waals surface area contributed by atoms with Crippen molar-refractivity contribution in [3.63, 3.8) is 0 Å². The lowest BCUT2D eigenvalue weighted by Crippen LogP contribution is -2.29. The van der Waals surface area contributed by atoms with Gasteiger partial charge in [0.15, 0.2) is 0 Å². The van der Waals surface area contributed by atoms with Gasteiger partial charge < -0.3 is 20.0 Å². The third kappa shape index (κ3) is 7.57. The van der Waals surface area contributed by atoms with Gasteiger partial charge in [-0.15, -0.1) is 0 Å². The van der Waals surface area contributed by atoms with E-state index < -0.39 is 7.12 Å². The van der Waals surface area contributed by atoms with Crippen molar-refractivity contribution in [3.05, 3.63) is 147 Å². The first-order chi connectivity index (χ1) is 21.4. The van der Waals surface area contributed by atoms with Gasteiger partial charge in [0.1, 0.15) is 0 Å². The Morgan fingerprint density at radius 3 is 1.36 bits per heavy atom. The highest BCUT2D eigenvalue weighted by atomic mass is 79.9. The van der Waals surface area contributed by atoms with Crippen LogP contribution in [0.3, 0.4) is 0 Å². The lowest BCUT2D eigenvalue weighted by molar-refractivity contribution is 0.426. The Hall–Kier alpha value is -3.73. The number of fused-ring (bicyclic) bond motifs is 6. The van der Waals surface area contributed by atoms with E-state index in [9.17, 15) is 0 Å². The second-order valence-corrected chi connectivity index (χ2v) is 13.0. The molecule has 9 heteroatoms. The van der Waals surface area contributed by atoms with Crippen molar-refractivity contribution in [1.29, 1.82) is 0 Å². The number of nitrogens with one attached hydrogen (secondary N) is 2. The van der Waals surface area contributed by atoms with Crippen LogP contribution in [0.5, 0.6) is 0 Å². The SMILES string of the molecule is Brc1ccc(-c2ccc3[nH]c4ccccc4c3c2)cc1.Brc1ccc(Br)cc1.F.OB(O)c1ccc2[nH]c3ccccc3c2c1.[2HH]. The van der Waals surface area contributed by atoms with E-state index in [-0.39, 0.29) is 6.13 Å². The van der Waals surface area contributed by atoms with Crippen LogP contribution in [-0.4, -0.2) is 27.1 Å². The minimum Gasteiger partial charge on any atom is -0.423 e. The second kappa shape index (κ2) is 14.6. The molecule has 226 valence electrons. The lowest BCUT2D eigenvalue weighted by Gasteiger charge is -2.02. The molecule has 0 aliphatic heterocycles. The van der Waals surface area contributed by atoms with Crippen LogP contribution in [0.15, 0.2) is 147 Å². The monoisotopic (exact) mass is 789 g/mol. The zero-order valence-electron chi connectivity index (χ0n) is 23.7. The lowest BCUT2D eigenvalue weighted by atomic mass is 9.80. The highest BCUT2D eigenvalue weighted by Gasteiger charge is 2.12. The fourth-order valence-corrected chi connectivity index (χ4v) is 5.92. The Balaban J connectivity index is 0.000000166. The standard InChI is InChI=1S/C18H12BrN.C12H10BNO2.C6H4Br2.FH.H2/c19-14-8-5-12(6-9-14)13-7-10-18-16(11-13)15-3-1-2-4-17(15)20-18;15-13(16)8-5-6-12-10(7-8)9-3-1-2-4-11(9)14-12;7-5-1-2-6(8)4-3-5;;/h1-11,20H;1-7,14-16H;1-4H;2*1H/i;;;;1+1. The van der Waals surface area contributed by atoms with E-state index in [0.717, 1.165) is 35.2 Å². The van der Waals surface area contributed by atoms with Crippen LogP contribution in [-0.2, 0) is 0 Å². The molecule has 0 saturated carbocycles. The number of aromatic amines is 2. The first-order valence-corrected chi connectivity index (χ1v) is 16.3. The predicted molar refractivity (Wildman–Crippen MR) is 201 cm³/mol. The van der Waals surface area contributed by atoms with Gasteiger partial charge in [-0.25, -0.2) is 0 Å². The van der Waals surface area contributed by atoms with E-state index in [1.54, 1.807) is 12.1 Å². The van der Waals surface area contributed by atoms with Crippen molar-refractivity contribution in [1.82, 2.24) is 9.97 Å². The Morgan fingerprint density at radius 1 is 0.444 bits per heavy atom. The van der Waals surface area contributed by atoms with Gasteiger partial charge in [0, 0.05) is 58.5 Å². The van der Waals surface area contributed by atoms with Crippen LogP contribution < -0.4 is 5.46 Å². The molecule has 0 aliphatic carbocycles. The molecule has 0 radical (unpaired) electrons. The van der Waals surface area contributed by atoms with Crippen LogP contribution in [0.2, 0.25) is 0 Å².